The van der Waals surface area contributed by atoms with Gasteiger partial charge in [0.05, 0.1) is 15.5 Å². The molecule has 0 saturated carbocycles. The molecule has 0 spiro atoms. The third kappa shape index (κ3) is 5.81. The van der Waals surface area contributed by atoms with Crippen LogP contribution in [-0.4, -0.2) is 27.4 Å². The number of benzene rings is 3. The molecule has 0 bridgehead atoms. The van der Waals surface area contributed by atoms with E-state index >= 15 is 0 Å². The van der Waals surface area contributed by atoms with Crippen molar-refractivity contribution in [2.24, 2.45) is 4.99 Å². The van der Waals surface area contributed by atoms with E-state index < -0.39 is 10.7 Å². The summed E-state index contributed by atoms with van der Waals surface area (Å²) in [5.74, 6) is -0.391. The Bertz CT molecular complexity index is 1390. The Balaban J connectivity index is 1.69. The summed E-state index contributed by atoms with van der Waals surface area (Å²) in [6, 6.07) is 16.9. The quantitative estimate of drug-likeness (QED) is 0.141. The Morgan fingerprint density at radius 1 is 1.17 bits per heavy atom. The summed E-state index contributed by atoms with van der Waals surface area (Å²) in [4.78, 5) is 30.2. The number of amides is 1. The molecule has 36 heavy (non-hydrogen) atoms. The van der Waals surface area contributed by atoms with Crippen LogP contribution in [0.5, 0.6) is 5.75 Å². The van der Waals surface area contributed by atoms with Crippen LogP contribution in [0.3, 0.4) is 0 Å². The van der Waals surface area contributed by atoms with Crippen molar-refractivity contribution < 1.29 is 18.8 Å². The molecule has 1 heterocycles. The first-order chi connectivity index (χ1) is 17.4. The van der Waals surface area contributed by atoms with Crippen molar-refractivity contribution in [3.63, 3.8) is 0 Å². The number of thioether (sulfide) groups is 1. The summed E-state index contributed by atoms with van der Waals surface area (Å²) >= 11 is 7.31. The average molecular weight is 524 g/mol. The number of ether oxygens (including phenoxy) is 1. The Kier molecular flexibility index (Phi) is 7.82. The molecule has 0 N–H and O–H groups in total. The van der Waals surface area contributed by atoms with E-state index in [1.807, 2.05) is 12.1 Å². The molecule has 182 valence electrons. The van der Waals surface area contributed by atoms with Crippen LogP contribution < -0.4 is 4.74 Å². The molecule has 1 saturated heterocycles. The predicted molar refractivity (Wildman–Crippen MR) is 140 cm³/mol. The third-order valence-electron chi connectivity index (χ3n) is 5.08. The minimum absolute atomic E-state index is 0.134. The van der Waals surface area contributed by atoms with E-state index in [2.05, 4.69) is 11.6 Å². The van der Waals surface area contributed by atoms with Crippen LogP contribution >= 0.6 is 23.4 Å². The first kappa shape index (κ1) is 25.2. The summed E-state index contributed by atoms with van der Waals surface area (Å²) < 4.78 is 19.2. The fourth-order valence-corrected chi connectivity index (χ4v) is 4.50. The number of nitro groups is 1. The van der Waals surface area contributed by atoms with E-state index in [0.29, 0.717) is 32.1 Å². The van der Waals surface area contributed by atoms with Gasteiger partial charge in [0.2, 0.25) is 0 Å². The molecular formula is C26H19ClFN3O4S. The van der Waals surface area contributed by atoms with Gasteiger partial charge in [-0.15, -0.1) is 6.58 Å². The SMILES string of the molecule is C=CCN1C(=O)/C(=C/c2cc([N+](=O)[O-])ccc2OCc2ccccc2Cl)SC1=Nc1ccc(F)cc1. The van der Waals surface area contributed by atoms with Gasteiger partial charge in [0.15, 0.2) is 5.17 Å². The zero-order valence-corrected chi connectivity index (χ0v) is 20.3. The van der Waals surface area contributed by atoms with Gasteiger partial charge in [-0.05, 0) is 54.2 Å². The number of halogens is 2. The van der Waals surface area contributed by atoms with E-state index in [-0.39, 0.29) is 24.7 Å². The smallest absolute Gasteiger partial charge is 0.270 e. The van der Waals surface area contributed by atoms with Crippen LogP contribution in [0, 0.1) is 15.9 Å². The number of carbonyl (C=O) groups is 1. The van der Waals surface area contributed by atoms with Gasteiger partial charge in [0, 0.05) is 34.8 Å². The van der Waals surface area contributed by atoms with Gasteiger partial charge >= 0.3 is 0 Å². The Labute approximate surface area is 215 Å². The zero-order chi connectivity index (χ0) is 25.7. The predicted octanol–water partition coefficient (Wildman–Crippen LogP) is 6.76. The molecule has 1 aliphatic heterocycles. The molecule has 1 fully saturated rings. The van der Waals surface area contributed by atoms with Gasteiger partial charge < -0.3 is 4.74 Å². The van der Waals surface area contributed by atoms with Gasteiger partial charge in [-0.25, -0.2) is 9.38 Å². The van der Waals surface area contributed by atoms with Crippen LogP contribution in [0.25, 0.3) is 6.08 Å². The van der Waals surface area contributed by atoms with Crippen molar-refractivity contribution in [3.05, 3.63) is 116 Å². The number of carbonyl (C=O) groups excluding carboxylic acids is 1. The number of aliphatic imine (C=N–C) groups is 1. The fourth-order valence-electron chi connectivity index (χ4n) is 3.31. The summed E-state index contributed by atoms with van der Waals surface area (Å²) in [6.07, 6.45) is 3.10. The third-order valence-corrected chi connectivity index (χ3v) is 6.46. The maximum absolute atomic E-state index is 13.3. The van der Waals surface area contributed by atoms with Crippen molar-refractivity contribution in [2.75, 3.05) is 6.54 Å². The molecule has 7 nitrogen and oxygen atoms in total. The van der Waals surface area contributed by atoms with Gasteiger partial charge in [-0.3, -0.25) is 19.8 Å². The largest absolute Gasteiger partial charge is 0.488 e. The molecule has 3 aromatic rings. The maximum Gasteiger partial charge on any atom is 0.270 e. The molecule has 0 atom stereocenters. The van der Waals surface area contributed by atoms with Crippen LogP contribution in [-0.2, 0) is 11.4 Å². The van der Waals surface area contributed by atoms with Crippen molar-refractivity contribution in [2.45, 2.75) is 6.61 Å². The highest BCUT2D eigenvalue weighted by molar-refractivity contribution is 8.18. The van der Waals surface area contributed by atoms with Crippen LogP contribution in [0.2, 0.25) is 5.02 Å². The van der Waals surface area contributed by atoms with Crippen LogP contribution in [0.15, 0.2) is 89.3 Å². The molecule has 0 radical (unpaired) electrons. The lowest BCUT2D eigenvalue weighted by atomic mass is 10.1. The lowest BCUT2D eigenvalue weighted by molar-refractivity contribution is -0.384. The summed E-state index contributed by atoms with van der Waals surface area (Å²) in [5, 5.41) is 12.3. The van der Waals surface area contributed by atoms with Gasteiger partial charge in [-0.2, -0.15) is 0 Å². The van der Waals surface area contributed by atoms with Crippen molar-refractivity contribution in [3.8, 4) is 5.75 Å². The fraction of sp³-hybridized carbons (Fsp3) is 0.0769. The molecule has 3 aromatic carbocycles. The highest BCUT2D eigenvalue weighted by atomic mass is 35.5. The first-order valence-corrected chi connectivity index (χ1v) is 11.9. The average Bonchev–Trinajstić information content (AvgIpc) is 3.14. The molecule has 0 aliphatic carbocycles. The first-order valence-electron chi connectivity index (χ1n) is 10.7. The zero-order valence-electron chi connectivity index (χ0n) is 18.8. The highest BCUT2D eigenvalue weighted by Gasteiger charge is 2.33. The second-order valence-corrected chi connectivity index (χ2v) is 8.96. The Morgan fingerprint density at radius 3 is 2.61 bits per heavy atom. The number of amidine groups is 1. The van der Waals surface area contributed by atoms with E-state index in [9.17, 15) is 19.3 Å². The topological polar surface area (TPSA) is 85.0 Å². The maximum atomic E-state index is 13.3. The number of non-ortho nitro benzene ring substituents is 1. The lowest BCUT2D eigenvalue weighted by Crippen LogP contribution is -2.29. The van der Waals surface area contributed by atoms with Crippen molar-refractivity contribution in [1.29, 1.82) is 0 Å². The molecule has 1 amide bonds. The summed E-state index contributed by atoms with van der Waals surface area (Å²) in [6.45, 7) is 4.03. The van der Waals surface area contributed by atoms with E-state index in [1.165, 1.54) is 53.4 Å². The molecular weight excluding hydrogens is 505 g/mol. The van der Waals surface area contributed by atoms with E-state index in [0.717, 1.165) is 17.3 Å². The van der Waals surface area contributed by atoms with Crippen molar-refractivity contribution in [1.82, 2.24) is 4.90 Å². The van der Waals surface area contributed by atoms with Gasteiger partial charge in [0.25, 0.3) is 11.6 Å². The van der Waals surface area contributed by atoms with Gasteiger partial charge in [-0.1, -0.05) is 35.9 Å². The summed E-state index contributed by atoms with van der Waals surface area (Å²) in [5.41, 5.74) is 1.42. The molecule has 0 unspecified atom stereocenters. The standard InChI is InChI=1S/C26H19ClFN3O4S/c1-2-13-30-25(32)24(36-26(30)29-20-9-7-19(28)8-10-20)15-18-14-21(31(33)34)11-12-23(18)35-16-17-5-3-4-6-22(17)27/h2-12,14-15H,1,13,16H2/b24-15-,29-26?. The number of hydrogen-bond donors (Lipinski definition) is 0. The molecule has 10 heteroatoms. The Morgan fingerprint density at radius 2 is 1.92 bits per heavy atom. The van der Waals surface area contributed by atoms with Crippen LogP contribution in [0.1, 0.15) is 11.1 Å². The minimum atomic E-state index is -0.519. The van der Waals surface area contributed by atoms with Crippen LogP contribution in [0.4, 0.5) is 15.8 Å². The molecule has 4 rings (SSSR count). The number of nitrogens with zero attached hydrogens (tertiary/aromatic N) is 3. The summed E-state index contributed by atoms with van der Waals surface area (Å²) in [7, 11) is 0. The van der Waals surface area contributed by atoms with Gasteiger partial charge in [0.1, 0.15) is 18.2 Å². The highest BCUT2D eigenvalue weighted by Crippen LogP contribution is 2.36. The Hall–Kier alpha value is -3.95. The molecule has 0 aromatic heterocycles. The second-order valence-electron chi connectivity index (χ2n) is 7.55. The lowest BCUT2D eigenvalue weighted by Gasteiger charge is -2.12. The minimum Gasteiger partial charge on any atom is -0.488 e. The van der Waals surface area contributed by atoms with E-state index in [4.69, 9.17) is 16.3 Å². The van der Waals surface area contributed by atoms with Crippen molar-refractivity contribution >= 4 is 51.9 Å². The van der Waals surface area contributed by atoms with E-state index in [1.54, 1.807) is 18.2 Å². The second kappa shape index (κ2) is 11.2. The monoisotopic (exact) mass is 523 g/mol. The number of rotatable bonds is 8. The molecule has 1 aliphatic rings. The number of nitro benzene ring substituents is 1. The number of hydrogen-bond acceptors (Lipinski definition) is 6. The normalized spacial score (nSPS) is 15.5.